The van der Waals surface area contributed by atoms with E-state index in [-0.39, 0.29) is 0 Å². The average molecular weight is 150 g/mol. The Labute approximate surface area is 65.6 Å². The molecule has 11 heavy (non-hydrogen) atoms. The van der Waals surface area contributed by atoms with Crippen molar-refractivity contribution in [1.82, 2.24) is 14.9 Å². The molecule has 0 unspecified atom stereocenters. The van der Waals surface area contributed by atoms with Gasteiger partial charge >= 0.3 is 0 Å². The average Bonchev–Trinajstić information content (AvgIpc) is 2.03. The van der Waals surface area contributed by atoms with Crippen molar-refractivity contribution in [1.29, 1.82) is 0 Å². The van der Waals surface area contributed by atoms with Gasteiger partial charge in [0.05, 0.1) is 6.34 Å². The summed E-state index contributed by atoms with van der Waals surface area (Å²) in [5.74, 6) is 0.675. The van der Waals surface area contributed by atoms with Crippen molar-refractivity contribution in [3.63, 3.8) is 0 Å². The van der Waals surface area contributed by atoms with Crippen LogP contribution in [0.2, 0.25) is 0 Å². The SMILES string of the molecule is CN(C)C=Nc1ccncn1. The molecular formula is C7H10N4. The van der Waals surface area contributed by atoms with Crippen molar-refractivity contribution in [2.24, 2.45) is 4.99 Å². The molecular weight excluding hydrogens is 140 g/mol. The number of aromatic nitrogens is 2. The molecule has 4 heteroatoms. The van der Waals surface area contributed by atoms with Gasteiger partial charge in [-0.3, -0.25) is 0 Å². The van der Waals surface area contributed by atoms with Crippen molar-refractivity contribution < 1.29 is 0 Å². The van der Waals surface area contributed by atoms with Gasteiger partial charge in [0.2, 0.25) is 0 Å². The third kappa shape index (κ3) is 2.75. The monoisotopic (exact) mass is 150 g/mol. The number of hydrogen-bond donors (Lipinski definition) is 0. The minimum atomic E-state index is 0.675. The summed E-state index contributed by atoms with van der Waals surface area (Å²) in [5, 5.41) is 0. The highest BCUT2D eigenvalue weighted by molar-refractivity contribution is 5.58. The van der Waals surface area contributed by atoms with E-state index in [2.05, 4.69) is 15.0 Å². The van der Waals surface area contributed by atoms with E-state index in [1.807, 2.05) is 19.0 Å². The summed E-state index contributed by atoms with van der Waals surface area (Å²) < 4.78 is 0. The van der Waals surface area contributed by atoms with E-state index >= 15 is 0 Å². The lowest BCUT2D eigenvalue weighted by Crippen LogP contribution is -2.07. The lowest BCUT2D eigenvalue weighted by Gasteiger charge is -2.00. The molecule has 0 fully saturated rings. The zero-order valence-corrected chi connectivity index (χ0v) is 6.60. The van der Waals surface area contributed by atoms with Crippen molar-refractivity contribution in [2.45, 2.75) is 0 Å². The molecule has 1 rings (SSSR count). The van der Waals surface area contributed by atoms with E-state index in [1.165, 1.54) is 6.33 Å². The van der Waals surface area contributed by atoms with Gasteiger partial charge in [-0.25, -0.2) is 15.0 Å². The Balaban J connectivity index is 2.65. The Hall–Kier alpha value is -1.45. The second kappa shape index (κ2) is 3.65. The molecule has 1 heterocycles. The van der Waals surface area contributed by atoms with Crippen LogP contribution in [0.3, 0.4) is 0 Å². The fraction of sp³-hybridized carbons (Fsp3) is 0.286. The Kier molecular flexibility index (Phi) is 2.54. The molecule has 0 spiro atoms. The van der Waals surface area contributed by atoms with Crippen molar-refractivity contribution >= 4 is 12.2 Å². The molecule has 1 aromatic heterocycles. The van der Waals surface area contributed by atoms with Crippen LogP contribution >= 0.6 is 0 Å². The fourth-order valence-corrected chi connectivity index (χ4v) is 0.535. The van der Waals surface area contributed by atoms with Crippen molar-refractivity contribution in [3.05, 3.63) is 18.6 Å². The predicted octanol–water partition coefficient (Wildman–Crippen LogP) is 0.698. The van der Waals surface area contributed by atoms with Crippen LogP contribution in [-0.2, 0) is 0 Å². The minimum Gasteiger partial charge on any atom is -0.369 e. The Morgan fingerprint density at radius 1 is 1.55 bits per heavy atom. The number of nitrogens with zero attached hydrogens (tertiary/aromatic N) is 4. The smallest absolute Gasteiger partial charge is 0.156 e. The topological polar surface area (TPSA) is 41.4 Å². The molecule has 0 atom stereocenters. The Morgan fingerprint density at radius 2 is 2.36 bits per heavy atom. The van der Waals surface area contributed by atoms with Crippen molar-refractivity contribution in [2.75, 3.05) is 14.1 Å². The van der Waals surface area contributed by atoms with E-state index in [1.54, 1.807) is 18.6 Å². The number of aliphatic imine (C=N–C) groups is 1. The Bertz CT molecular complexity index is 229. The van der Waals surface area contributed by atoms with Crippen LogP contribution in [0, 0.1) is 0 Å². The minimum absolute atomic E-state index is 0.675. The van der Waals surface area contributed by atoms with Crippen LogP contribution in [0.5, 0.6) is 0 Å². The van der Waals surface area contributed by atoms with Crippen LogP contribution in [0.15, 0.2) is 23.6 Å². The predicted molar refractivity (Wildman–Crippen MR) is 43.9 cm³/mol. The first-order valence-corrected chi connectivity index (χ1v) is 3.25. The van der Waals surface area contributed by atoms with Crippen LogP contribution < -0.4 is 0 Å². The van der Waals surface area contributed by atoms with E-state index in [0.29, 0.717) is 5.82 Å². The summed E-state index contributed by atoms with van der Waals surface area (Å²) in [4.78, 5) is 13.6. The third-order valence-electron chi connectivity index (χ3n) is 0.987. The lowest BCUT2D eigenvalue weighted by molar-refractivity contribution is 0.643. The lowest BCUT2D eigenvalue weighted by atomic mass is 10.6. The summed E-state index contributed by atoms with van der Waals surface area (Å²) in [5.41, 5.74) is 0. The van der Waals surface area contributed by atoms with Crippen LogP contribution in [0.1, 0.15) is 0 Å². The van der Waals surface area contributed by atoms with Crippen LogP contribution in [0.4, 0.5) is 5.82 Å². The van der Waals surface area contributed by atoms with E-state index in [0.717, 1.165) is 0 Å². The molecule has 0 radical (unpaired) electrons. The zero-order chi connectivity index (χ0) is 8.10. The molecule has 1 aromatic rings. The van der Waals surface area contributed by atoms with E-state index in [4.69, 9.17) is 0 Å². The molecule has 0 saturated heterocycles. The highest BCUT2D eigenvalue weighted by atomic mass is 15.1. The summed E-state index contributed by atoms with van der Waals surface area (Å²) in [7, 11) is 3.81. The van der Waals surface area contributed by atoms with Gasteiger partial charge in [-0.05, 0) is 0 Å². The second-order valence-electron chi connectivity index (χ2n) is 2.28. The maximum absolute atomic E-state index is 4.06. The molecule has 0 N–H and O–H groups in total. The van der Waals surface area contributed by atoms with Crippen LogP contribution in [-0.4, -0.2) is 35.3 Å². The van der Waals surface area contributed by atoms with Gasteiger partial charge in [0, 0.05) is 26.4 Å². The van der Waals surface area contributed by atoms with Gasteiger partial charge in [-0.15, -0.1) is 0 Å². The maximum Gasteiger partial charge on any atom is 0.156 e. The number of rotatable bonds is 2. The van der Waals surface area contributed by atoms with Gasteiger partial charge in [0.25, 0.3) is 0 Å². The summed E-state index contributed by atoms with van der Waals surface area (Å²) in [6, 6.07) is 1.75. The van der Waals surface area contributed by atoms with Gasteiger partial charge in [0.1, 0.15) is 6.33 Å². The zero-order valence-electron chi connectivity index (χ0n) is 6.60. The summed E-state index contributed by atoms with van der Waals surface area (Å²) in [6.07, 6.45) is 4.83. The van der Waals surface area contributed by atoms with Gasteiger partial charge in [-0.2, -0.15) is 0 Å². The summed E-state index contributed by atoms with van der Waals surface area (Å²) >= 11 is 0. The molecule has 4 nitrogen and oxygen atoms in total. The fourth-order valence-electron chi connectivity index (χ4n) is 0.535. The quantitative estimate of drug-likeness (QED) is 0.460. The highest BCUT2D eigenvalue weighted by Gasteiger charge is 1.84. The molecule has 0 aliphatic heterocycles. The first-order chi connectivity index (χ1) is 5.29. The van der Waals surface area contributed by atoms with Gasteiger partial charge < -0.3 is 4.90 Å². The van der Waals surface area contributed by atoms with Crippen LogP contribution in [0.25, 0.3) is 0 Å². The summed E-state index contributed by atoms with van der Waals surface area (Å²) in [6.45, 7) is 0. The molecule has 0 bridgehead atoms. The van der Waals surface area contributed by atoms with Crippen molar-refractivity contribution in [3.8, 4) is 0 Å². The molecule has 0 aliphatic carbocycles. The first kappa shape index (κ1) is 7.65. The first-order valence-electron chi connectivity index (χ1n) is 3.25. The normalized spacial score (nSPS) is 10.4. The number of hydrogen-bond acceptors (Lipinski definition) is 3. The molecule has 58 valence electrons. The molecule has 0 aliphatic rings. The van der Waals surface area contributed by atoms with E-state index in [9.17, 15) is 0 Å². The largest absolute Gasteiger partial charge is 0.369 e. The maximum atomic E-state index is 4.06. The molecule has 0 aromatic carbocycles. The standard InChI is InChI=1S/C7H10N4/c1-11(2)6-10-7-3-4-8-5-9-7/h3-6H,1-2H3. The second-order valence-corrected chi connectivity index (χ2v) is 2.28. The Morgan fingerprint density at radius 3 is 2.91 bits per heavy atom. The van der Waals surface area contributed by atoms with Gasteiger partial charge in [0.15, 0.2) is 5.82 Å². The van der Waals surface area contributed by atoms with Gasteiger partial charge in [-0.1, -0.05) is 0 Å². The highest BCUT2D eigenvalue weighted by Crippen LogP contribution is 2.01. The molecule has 0 amide bonds. The third-order valence-corrected chi connectivity index (χ3v) is 0.987. The van der Waals surface area contributed by atoms with E-state index < -0.39 is 0 Å². The molecule has 0 saturated carbocycles.